The molecule has 0 bridgehead atoms. The van der Waals surface area contributed by atoms with Crippen molar-refractivity contribution in [1.82, 2.24) is 15.3 Å². The van der Waals surface area contributed by atoms with Gasteiger partial charge in [-0.15, -0.1) is 0 Å². The first-order valence-corrected chi connectivity index (χ1v) is 6.37. The molecule has 0 saturated heterocycles. The molecule has 0 amide bonds. The number of nitrogens with one attached hydrogen (secondary N) is 2. The molecule has 0 radical (unpaired) electrons. The summed E-state index contributed by atoms with van der Waals surface area (Å²) in [5.41, 5.74) is 0.740. The maximum atomic E-state index is 13.2. The van der Waals surface area contributed by atoms with Gasteiger partial charge in [0, 0.05) is 12.4 Å². The van der Waals surface area contributed by atoms with E-state index in [2.05, 4.69) is 22.2 Å². The predicted molar refractivity (Wildman–Crippen MR) is 69.7 cm³/mol. The van der Waals surface area contributed by atoms with Crippen LogP contribution in [0.5, 0.6) is 0 Å². The zero-order chi connectivity index (χ0) is 13.7. The summed E-state index contributed by atoms with van der Waals surface area (Å²) in [4.78, 5) is 7.27. The van der Waals surface area contributed by atoms with E-state index >= 15 is 0 Å². The summed E-state index contributed by atoms with van der Waals surface area (Å²) in [6.45, 7) is 2.92. The van der Waals surface area contributed by atoms with Gasteiger partial charge in [0.2, 0.25) is 0 Å². The number of imidazole rings is 1. The van der Waals surface area contributed by atoms with E-state index in [0.29, 0.717) is 6.42 Å². The van der Waals surface area contributed by atoms with Crippen LogP contribution in [-0.2, 0) is 6.42 Å². The van der Waals surface area contributed by atoms with Gasteiger partial charge in [0.15, 0.2) is 11.6 Å². The van der Waals surface area contributed by atoms with E-state index in [1.165, 1.54) is 6.07 Å². The molecule has 2 aromatic rings. The van der Waals surface area contributed by atoms with E-state index in [1.807, 2.05) is 0 Å². The third kappa shape index (κ3) is 3.61. The quantitative estimate of drug-likeness (QED) is 0.843. The second-order valence-corrected chi connectivity index (χ2v) is 4.43. The molecule has 19 heavy (non-hydrogen) atoms. The number of H-pyrrole nitrogens is 1. The van der Waals surface area contributed by atoms with Crippen molar-refractivity contribution < 1.29 is 8.78 Å². The summed E-state index contributed by atoms with van der Waals surface area (Å²) >= 11 is 0. The summed E-state index contributed by atoms with van der Waals surface area (Å²) < 4.78 is 26.1. The van der Waals surface area contributed by atoms with Crippen LogP contribution in [0.4, 0.5) is 8.78 Å². The Labute approximate surface area is 111 Å². The number of benzene rings is 1. The van der Waals surface area contributed by atoms with Crippen LogP contribution in [0.2, 0.25) is 0 Å². The van der Waals surface area contributed by atoms with Crippen molar-refractivity contribution in [2.75, 3.05) is 6.54 Å². The van der Waals surface area contributed by atoms with Crippen LogP contribution in [0.1, 0.15) is 30.8 Å². The minimum atomic E-state index is -0.820. The molecule has 5 heteroatoms. The van der Waals surface area contributed by atoms with Gasteiger partial charge in [0.25, 0.3) is 0 Å². The van der Waals surface area contributed by atoms with Gasteiger partial charge in [-0.05, 0) is 37.1 Å². The number of aromatic nitrogens is 2. The van der Waals surface area contributed by atoms with Gasteiger partial charge in [0.05, 0.1) is 6.04 Å². The monoisotopic (exact) mass is 265 g/mol. The first-order valence-electron chi connectivity index (χ1n) is 6.37. The number of hydrogen-bond donors (Lipinski definition) is 2. The molecule has 1 atom stereocenters. The van der Waals surface area contributed by atoms with E-state index in [0.717, 1.165) is 30.4 Å². The fourth-order valence-corrected chi connectivity index (χ4v) is 1.95. The highest BCUT2D eigenvalue weighted by atomic mass is 19.2. The maximum Gasteiger partial charge on any atom is 0.159 e. The first-order chi connectivity index (χ1) is 9.20. The van der Waals surface area contributed by atoms with Crippen LogP contribution in [0.3, 0.4) is 0 Å². The first kappa shape index (κ1) is 13.7. The summed E-state index contributed by atoms with van der Waals surface area (Å²) in [6.07, 6.45) is 4.99. The molecule has 0 aliphatic rings. The third-order valence-electron chi connectivity index (χ3n) is 2.91. The lowest BCUT2D eigenvalue weighted by molar-refractivity contribution is 0.493. The Morgan fingerprint density at radius 2 is 2.16 bits per heavy atom. The number of nitrogens with zero attached hydrogens (tertiary/aromatic N) is 1. The van der Waals surface area contributed by atoms with Crippen LogP contribution in [-0.4, -0.2) is 16.5 Å². The van der Waals surface area contributed by atoms with E-state index in [1.54, 1.807) is 18.5 Å². The zero-order valence-electron chi connectivity index (χ0n) is 10.8. The Kier molecular flexibility index (Phi) is 4.63. The number of rotatable bonds is 6. The molecule has 2 rings (SSSR count). The molecule has 0 aliphatic heterocycles. The van der Waals surface area contributed by atoms with Crippen LogP contribution >= 0.6 is 0 Å². The molecule has 1 heterocycles. The lowest BCUT2D eigenvalue weighted by Gasteiger charge is -2.16. The second kappa shape index (κ2) is 6.43. The lowest BCUT2D eigenvalue weighted by atomic mass is 10.0. The van der Waals surface area contributed by atoms with Crippen LogP contribution < -0.4 is 5.32 Å². The second-order valence-electron chi connectivity index (χ2n) is 4.43. The van der Waals surface area contributed by atoms with Crippen molar-refractivity contribution >= 4 is 0 Å². The number of aromatic amines is 1. The Bertz CT molecular complexity index is 511. The molecular formula is C14H17F2N3. The SMILES string of the molecule is CCCNC(Cc1ccc(F)c(F)c1)c1ncc[nH]1. The average Bonchev–Trinajstić information content (AvgIpc) is 2.92. The van der Waals surface area contributed by atoms with Crippen LogP contribution in [0.15, 0.2) is 30.6 Å². The lowest BCUT2D eigenvalue weighted by Crippen LogP contribution is -2.25. The highest BCUT2D eigenvalue weighted by molar-refractivity contribution is 5.20. The molecule has 102 valence electrons. The summed E-state index contributed by atoms with van der Waals surface area (Å²) in [6, 6.07) is 3.96. The molecule has 0 fully saturated rings. The molecule has 0 saturated carbocycles. The van der Waals surface area contributed by atoms with Crippen molar-refractivity contribution in [3.8, 4) is 0 Å². The van der Waals surface area contributed by atoms with Crippen molar-refractivity contribution in [2.45, 2.75) is 25.8 Å². The molecule has 0 aliphatic carbocycles. The Hall–Kier alpha value is -1.75. The van der Waals surface area contributed by atoms with Crippen molar-refractivity contribution in [3.63, 3.8) is 0 Å². The van der Waals surface area contributed by atoms with Gasteiger partial charge >= 0.3 is 0 Å². The van der Waals surface area contributed by atoms with Crippen molar-refractivity contribution in [2.24, 2.45) is 0 Å². The minimum absolute atomic E-state index is 0.0280. The van der Waals surface area contributed by atoms with E-state index in [-0.39, 0.29) is 6.04 Å². The molecule has 3 nitrogen and oxygen atoms in total. The minimum Gasteiger partial charge on any atom is -0.347 e. The highest BCUT2D eigenvalue weighted by Crippen LogP contribution is 2.17. The Morgan fingerprint density at radius 3 is 2.79 bits per heavy atom. The molecule has 0 spiro atoms. The topological polar surface area (TPSA) is 40.7 Å². The van der Waals surface area contributed by atoms with Gasteiger partial charge in [-0.3, -0.25) is 0 Å². The summed E-state index contributed by atoms with van der Waals surface area (Å²) in [5.74, 6) is -0.829. The van der Waals surface area contributed by atoms with Crippen LogP contribution in [0, 0.1) is 11.6 Å². The summed E-state index contributed by atoms with van der Waals surface area (Å²) in [7, 11) is 0. The molecule has 1 unspecified atom stereocenters. The predicted octanol–water partition coefficient (Wildman–Crippen LogP) is 2.97. The van der Waals surface area contributed by atoms with Gasteiger partial charge in [-0.2, -0.15) is 0 Å². The van der Waals surface area contributed by atoms with Gasteiger partial charge in [0.1, 0.15) is 5.82 Å². The number of halogens is 2. The van der Waals surface area contributed by atoms with E-state index < -0.39 is 11.6 Å². The smallest absolute Gasteiger partial charge is 0.159 e. The van der Waals surface area contributed by atoms with Gasteiger partial charge in [-0.1, -0.05) is 13.0 Å². The van der Waals surface area contributed by atoms with Crippen molar-refractivity contribution in [3.05, 3.63) is 53.6 Å². The number of hydrogen-bond acceptors (Lipinski definition) is 2. The fourth-order valence-electron chi connectivity index (χ4n) is 1.95. The van der Waals surface area contributed by atoms with Crippen LogP contribution in [0.25, 0.3) is 0 Å². The normalized spacial score (nSPS) is 12.6. The Balaban J connectivity index is 2.13. The van der Waals surface area contributed by atoms with Gasteiger partial charge < -0.3 is 10.3 Å². The molecule has 2 N–H and O–H groups in total. The third-order valence-corrected chi connectivity index (χ3v) is 2.91. The highest BCUT2D eigenvalue weighted by Gasteiger charge is 2.14. The van der Waals surface area contributed by atoms with E-state index in [4.69, 9.17) is 0 Å². The summed E-state index contributed by atoms with van der Waals surface area (Å²) in [5, 5.41) is 3.34. The van der Waals surface area contributed by atoms with Crippen molar-refractivity contribution in [1.29, 1.82) is 0 Å². The van der Waals surface area contributed by atoms with E-state index in [9.17, 15) is 8.78 Å². The standard InChI is InChI=1S/C14H17F2N3/c1-2-5-17-13(14-18-6-7-19-14)9-10-3-4-11(15)12(16)8-10/h3-4,6-8,13,17H,2,5,9H2,1H3,(H,18,19). The van der Waals surface area contributed by atoms with Gasteiger partial charge in [-0.25, -0.2) is 13.8 Å². The molecule has 1 aromatic heterocycles. The average molecular weight is 265 g/mol. The molecular weight excluding hydrogens is 248 g/mol. The maximum absolute atomic E-state index is 13.2. The Morgan fingerprint density at radius 1 is 1.32 bits per heavy atom. The largest absolute Gasteiger partial charge is 0.347 e. The zero-order valence-corrected chi connectivity index (χ0v) is 10.8. The fraction of sp³-hybridized carbons (Fsp3) is 0.357. The molecule has 1 aromatic carbocycles.